The van der Waals surface area contributed by atoms with Gasteiger partial charge in [-0.15, -0.1) is 0 Å². The molecule has 180 valence electrons. The minimum absolute atomic E-state index is 0.0129. The molecule has 0 saturated carbocycles. The average molecular weight is 470 g/mol. The maximum absolute atomic E-state index is 13.0. The number of aryl methyl sites for hydroxylation is 2. The Balaban J connectivity index is 1.31. The summed E-state index contributed by atoms with van der Waals surface area (Å²) in [5, 5.41) is 21.9. The van der Waals surface area contributed by atoms with Gasteiger partial charge in [0.15, 0.2) is 0 Å². The zero-order chi connectivity index (χ0) is 24.4. The van der Waals surface area contributed by atoms with Gasteiger partial charge in [-0.2, -0.15) is 0 Å². The maximum atomic E-state index is 13.0. The fourth-order valence-electron chi connectivity index (χ4n) is 4.39. The van der Waals surface area contributed by atoms with Crippen molar-refractivity contribution in [3.05, 3.63) is 55.9 Å². The highest BCUT2D eigenvalue weighted by Gasteiger charge is 2.29. The van der Waals surface area contributed by atoms with Crippen molar-refractivity contribution in [2.45, 2.75) is 13.8 Å². The summed E-state index contributed by atoms with van der Waals surface area (Å²) >= 11 is 0. The van der Waals surface area contributed by atoms with Gasteiger partial charge in [0.05, 0.1) is 9.85 Å². The smallest absolute Gasteiger partial charge is 0.320 e. The number of amides is 2. The number of anilines is 2. The highest BCUT2D eigenvalue weighted by molar-refractivity contribution is 5.75. The van der Waals surface area contributed by atoms with E-state index in [1.807, 2.05) is 19.6 Å². The second-order valence-corrected chi connectivity index (χ2v) is 8.41. The molecule has 0 atom stereocenters. The molecule has 0 aromatic carbocycles. The predicted octanol–water partition coefficient (Wildman–Crippen LogP) is 1.97. The Hall–Kier alpha value is -4.03. The lowest BCUT2D eigenvalue weighted by atomic mass is 10.2. The standard InChI is InChI=1S/C21H26N8O5/c1-15-11-17(28(31)32)13-22-19(15)24-3-7-26(8-4-24)21(30)27-9-5-25(6-10-27)20-16(2)12-18(14-23-20)29(33)34/h11-14H,3-10H2,1-2H3. The molecule has 13 heteroatoms. The first-order valence-corrected chi connectivity index (χ1v) is 11.0. The van der Waals surface area contributed by atoms with Crippen LogP contribution >= 0.6 is 0 Å². The molecule has 2 saturated heterocycles. The third-order valence-electron chi connectivity index (χ3n) is 6.19. The van der Waals surface area contributed by atoms with Crippen molar-refractivity contribution in [1.82, 2.24) is 19.8 Å². The predicted molar refractivity (Wildman–Crippen MR) is 124 cm³/mol. The van der Waals surface area contributed by atoms with E-state index >= 15 is 0 Å². The average Bonchev–Trinajstić information content (AvgIpc) is 2.83. The Bertz CT molecular complexity index is 1020. The van der Waals surface area contributed by atoms with Crippen LogP contribution in [-0.4, -0.2) is 88.0 Å². The minimum atomic E-state index is -0.459. The van der Waals surface area contributed by atoms with Crippen LogP contribution in [0.3, 0.4) is 0 Å². The number of piperazine rings is 2. The number of nitrogens with zero attached hydrogens (tertiary/aromatic N) is 8. The van der Waals surface area contributed by atoms with E-state index in [0.29, 0.717) is 64.0 Å². The first-order chi connectivity index (χ1) is 16.2. The summed E-state index contributed by atoms with van der Waals surface area (Å²) in [5.74, 6) is 1.41. The molecule has 2 aromatic rings. The second-order valence-electron chi connectivity index (χ2n) is 8.41. The number of rotatable bonds is 4. The Morgan fingerprint density at radius 3 is 1.38 bits per heavy atom. The van der Waals surface area contributed by atoms with Crippen molar-refractivity contribution in [3.63, 3.8) is 0 Å². The van der Waals surface area contributed by atoms with Gasteiger partial charge < -0.3 is 19.6 Å². The van der Waals surface area contributed by atoms with Gasteiger partial charge in [0.2, 0.25) is 0 Å². The number of hydrogen-bond donors (Lipinski definition) is 0. The molecular weight excluding hydrogens is 444 g/mol. The third-order valence-corrected chi connectivity index (χ3v) is 6.19. The van der Waals surface area contributed by atoms with Gasteiger partial charge >= 0.3 is 6.03 Å². The Labute approximate surface area is 195 Å². The molecule has 0 aliphatic carbocycles. The number of hydrogen-bond acceptors (Lipinski definition) is 9. The molecule has 4 heterocycles. The maximum Gasteiger partial charge on any atom is 0.320 e. The van der Waals surface area contributed by atoms with Crippen LogP contribution in [0.1, 0.15) is 11.1 Å². The first kappa shape index (κ1) is 23.1. The SMILES string of the molecule is Cc1cc([N+](=O)[O-])cnc1N1CCN(C(=O)N2CCN(c3ncc([N+](=O)[O-])cc3C)CC2)CC1. The molecule has 2 aromatic heterocycles. The molecule has 0 radical (unpaired) electrons. The van der Waals surface area contributed by atoms with Crippen LogP contribution in [0.15, 0.2) is 24.5 Å². The fourth-order valence-corrected chi connectivity index (χ4v) is 4.39. The van der Waals surface area contributed by atoms with E-state index in [0.717, 1.165) is 11.1 Å². The van der Waals surface area contributed by atoms with E-state index in [9.17, 15) is 25.0 Å². The molecule has 2 fully saturated rings. The number of pyridine rings is 2. The van der Waals surface area contributed by atoms with E-state index in [1.165, 1.54) is 24.5 Å². The number of nitro groups is 2. The van der Waals surface area contributed by atoms with E-state index < -0.39 is 9.85 Å². The zero-order valence-electron chi connectivity index (χ0n) is 19.1. The van der Waals surface area contributed by atoms with Crippen molar-refractivity contribution in [3.8, 4) is 0 Å². The van der Waals surface area contributed by atoms with Gasteiger partial charge in [0.1, 0.15) is 24.0 Å². The number of carbonyl (C=O) groups excluding carboxylic acids is 1. The van der Waals surface area contributed by atoms with E-state index in [-0.39, 0.29) is 17.4 Å². The molecule has 2 amide bonds. The zero-order valence-corrected chi connectivity index (χ0v) is 19.1. The van der Waals surface area contributed by atoms with Crippen LogP contribution in [0.4, 0.5) is 27.8 Å². The van der Waals surface area contributed by atoms with Crippen molar-refractivity contribution in [2.24, 2.45) is 0 Å². The summed E-state index contributed by atoms with van der Waals surface area (Å²) in [6.07, 6.45) is 2.53. The summed E-state index contributed by atoms with van der Waals surface area (Å²) in [6, 6.07) is 3.02. The van der Waals surface area contributed by atoms with E-state index in [4.69, 9.17) is 0 Å². The number of carbonyl (C=O) groups is 1. The molecule has 34 heavy (non-hydrogen) atoms. The molecule has 0 unspecified atom stereocenters. The molecular formula is C21H26N8O5. The van der Waals surface area contributed by atoms with Gasteiger partial charge in [-0.1, -0.05) is 0 Å². The summed E-state index contributed by atoms with van der Waals surface area (Å²) < 4.78 is 0. The van der Waals surface area contributed by atoms with Crippen LogP contribution < -0.4 is 9.80 Å². The summed E-state index contributed by atoms with van der Waals surface area (Å²) in [6.45, 7) is 8.17. The van der Waals surface area contributed by atoms with E-state index in [2.05, 4.69) is 9.97 Å². The summed E-state index contributed by atoms with van der Waals surface area (Å²) in [4.78, 5) is 50.3. The largest absolute Gasteiger partial charge is 0.353 e. The number of aromatic nitrogens is 2. The van der Waals surface area contributed by atoms with Gasteiger partial charge in [-0.25, -0.2) is 14.8 Å². The Morgan fingerprint density at radius 2 is 1.09 bits per heavy atom. The van der Waals surface area contributed by atoms with Gasteiger partial charge in [-0.05, 0) is 25.0 Å². The van der Waals surface area contributed by atoms with E-state index in [1.54, 1.807) is 13.8 Å². The summed E-state index contributed by atoms with van der Waals surface area (Å²) in [5.41, 5.74) is 1.40. The molecule has 4 rings (SSSR count). The molecule has 2 aliphatic rings. The lowest BCUT2D eigenvalue weighted by Gasteiger charge is -2.41. The van der Waals surface area contributed by atoms with Crippen LogP contribution in [0.5, 0.6) is 0 Å². The highest BCUT2D eigenvalue weighted by atomic mass is 16.6. The first-order valence-electron chi connectivity index (χ1n) is 11.0. The molecule has 13 nitrogen and oxygen atoms in total. The molecule has 2 aliphatic heterocycles. The lowest BCUT2D eigenvalue weighted by Crippen LogP contribution is -2.57. The Morgan fingerprint density at radius 1 is 0.735 bits per heavy atom. The van der Waals surface area contributed by atoms with Crippen LogP contribution in [0.2, 0.25) is 0 Å². The monoisotopic (exact) mass is 470 g/mol. The van der Waals surface area contributed by atoms with Gasteiger partial charge in [0.25, 0.3) is 11.4 Å². The Kier molecular flexibility index (Phi) is 6.43. The van der Waals surface area contributed by atoms with Crippen molar-refractivity contribution in [2.75, 3.05) is 62.2 Å². The summed E-state index contributed by atoms with van der Waals surface area (Å²) in [7, 11) is 0. The fraction of sp³-hybridized carbons (Fsp3) is 0.476. The van der Waals surface area contributed by atoms with Crippen molar-refractivity contribution in [1.29, 1.82) is 0 Å². The van der Waals surface area contributed by atoms with Crippen molar-refractivity contribution >= 4 is 29.0 Å². The molecule has 0 spiro atoms. The van der Waals surface area contributed by atoms with Gasteiger partial charge in [-0.3, -0.25) is 20.2 Å². The highest BCUT2D eigenvalue weighted by Crippen LogP contribution is 2.25. The number of urea groups is 1. The van der Waals surface area contributed by atoms with Crippen LogP contribution in [0.25, 0.3) is 0 Å². The second kappa shape index (κ2) is 9.45. The van der Waals surface area contributed by atoms with Crippen molar-refractivity contribution < 1.29 is 14.6 Å². The van der Waals surface area contributed by atoms with Crippen LogP contribution in [0, 0.1) is 34.1 Å². The minimum Gasteiger partial charge on any atom is -0.353 e. The lowest BCUT2D eigenvalue weighted by molar-refractivity contribution is -0.385. The quantitative estimate of drug-likeness (QED) is 0.484. The third kappa shape index (κ3) is 4.67. The molecule has 0 bridgehead atoms. The van der Waals surface area contributed by atoms with Crippen LogP contribution in [-0.2, 0) is 0 Å². The van der Waals surface area contributed by atoms with Gasteiger partial charge in [0, 0.05) is 64.5 Å². The molecule has 0 N–H and O–H groups in total. The normalized spacial score (nSPS) is 16.5. The topological polar surface area (TPSA) is 142 Å².